The van der Waals surface area contributed by atoms with E-state index in [9.17, 15) is 18.0 Å². The molecule has 8 heteroatoms. The van der Waals surface area contributed by atoms with Gasteiger partial charge < -0.3 is 10.6 Å². The highest BCUT2D eigenvalue weighted by Gasteiger charge is 2.30. The number of alkyl halides is 3. The Morgan fingerprint density at radius 3 is 2.42 bits per heavy atom. The van der Waals surface area contributed by atoms with E-state index in [1.54, 1.807) is 6.92 Å². The third-order valence-electron chi connectivity index (χ3n) is 3.62. The van der Waals surface area contributed by atoms with Crippen LogP contribution in [0.4, 0.5) is 24.8 Å². The fourth-order valence-corrected chi connectivity index (χ4v) is 2.28. The molecule has 0 spiro atoms. The van der Waals surface area contributed by atoms with E-state index in [4.69, 9.17) is 0 Å². The molecule has 1 aromatic heterocycles. The van der Waals surface area contributed by atoms with Gasteiger partial charge in [0.1, 0.15) is 5.69 Å². The number of aryl methyl sites for hydroxylation is 1. The molecular formula is C18H21F3N4O. The van der Waals surface area contributed by atoms with Crippen molar-refractivity contribution in [3.8, 4) is 0 Å². The summed E-state index contributed by atoms with van der Waals surface area (Å²) in [5.41, 5.74) is 0.259. The minimum absolute atomic E-state index is 0.149. The molecule has 0 aliphatic rings. The lowest BCUT2D eigenvalue weighted by atomic mass is 10.2. The lowest BCUT2D eigenvalue weighted by Crippen LogP contribution is -2.16. The summed E-state index contributed by atoms with van der Waals surface area (Å²) < 4.78 is 37.7. The molecule has 0 atom stereocenters. The van der Waals surface area contributed by atoms with E-state index in [0.29, 0.717) is 18.2 Å². The van der Waals surface area contributed by atoms with E-state index >= 15 is 0 Å². The highest BCUT2D eigenvalue weighted by Crippen LogP contribution is 2.29. The fourth-order valence-electron chi connectivity index (χ4n) is 2.28. The van der Waals surface area contributed by atoms with E-state index in [2.05, 4.69) is 27.5 Å². The number of hydrogen-bond donors (Lipinski definition) is 2. The summed E-state index contributed by atoms with van der Waals surface area (Å²) in [6.45, 7) is 4.55. The number of halogens is 3. The summed E-state index contributed by atoms with van der Waals surface area (Å²) in [5, 5.41) is 5.62. The lowest BCUT2D eigenvalue weighted by Gasteiger charge is -2.10. The molecular weight excluding hydrogens is 345 g/mol. The van der Waals surface area contributed by atoms with Gasteiger partial charge in [0.25, 0.3) is 5.91 Å². The minimum Gasteiger partial charge on any atom is -0.354 e. The molecule has 0 unspecified atom stereocenters. The van der Waals surface area contributed by atoms with Crippen molar-refractivity contribution < 1.29 is 18.0 Å². The first kappa shape index (κ1) is 19.7. The maximum Gasteiger partial charge on any atom is 0.416 e. The first-order valence-electron chi connectivity index (χ1n) is 8.37. The molecule has 2 rings (SSSR count). The van der Waals surface area contributed by atoms with Crippen LogP contribution in [0.15, 0.2) is 30.3 Å². The van der Waals surface area contributed by atoms with Gasteiger partial charge in [-0.25, -0.2) is 9.97 Å². The Labute approximate surface area is 150 Å². The van der Waals surface area contributed by atoms with Crippen molar-refractivity contribution in [2.45, 2.75) is 39.3 Å². The SMILES string of the molecule is CCCCCNc1nc(C)cc(C(=O)Nc2ccc(C(F)(F)F)cc2)n1. The van der Waals surface area contributed by atoms with E-state index in [-0.39, 0.29) is 11.4 Å². The van der Waals surface area contributed by atoms with Crippen LogP contribution in [-0.4, -0.2) is 22.4 Å². The van der Waals surface area contributed by atoms with Gasteiger partial charge in [0, 0.05) is 17.9 Å². The van der Waals surface area contributed by atoms with Crippen molar-refractivity contribution in [2.75, 3.05) is 17.2 Å². The number of rotatable bonds is 7. The van der Waals surface area contributed by atoms with Gasteiger partial charge >= 0.3 is 6.18 Å². The normalized spacial score (nSPS) is 11.3. The van der Waals surface area contributed by atoms with Crippen molar-refractivity contribution in [3.05, 3.63) is 47.3 Å². The summed E-state index contributed by atoms with van der Waals surface area (Å²) in [6.07, 6.45) is -1.26. The number of carbonyl (C=O) groups excluding carboxylic acids is 1. The van der Waals surface area contributed by atoms with Crippen molar-refractivity contribution >= 4 is 17.5 Å². The number of unbranched alkanes of at least 4 members (excludes halogenated alkanes) is 2. The Hall–Kier alpha value is -2.64. The van der Waals surface area contributed by atoms with Gasteiger partial charge in [0.2, 0.25) is 5.95 Å². The standard InChI is InChI=1S/C18H21F3N4O/c1-3-4-5-10-22-17-23-12(2)11-15(25-17)16(26)24-14-8-6-13(7-9-14)18(19,20)21/h6-9,11H,3-5,10H2,1-2H3,(H,24,26)(H,22,23,25). The molecule has 5 nitrogen and oxygen atoms in total. The molecule has 2 aromatic rings. The zero-order chi connectivity index (χ0) is 19.2. The van der Waals surface area contributed by atoms with Gasteiger partial charge in [-0.05, 0) is 43.7 Å². The van der Waals surface area contributed by atoms with Crippen LogP contribution in [0.1, 0.15) is 47.9 Å². The summed E-state index contributed by atoms with van der Waals surface area (Å²) in [4.78, 5) is 20.7. The number of hydrogen-bond acceptors (Lipinski definition) is 4. The molecule has 0 radical (unpaired) electrons. The van der Waals surface area contributed by atoms with Crippen LogP contribution in [0.25, 0.3) is 0 Å². The molecule has 0 fully saturated rings. The highest BCUT2D eigenvalue weighted by molar-refractivity contribution is 6.03. The number of benzene rings is 1. The average Bonchev–Trinajstić information content (AvgIpc) is 2.58. The number of carbonyl (C=O) groups is 1. The van der Waals surface area contributed by atoms with Crippen molar-refractivity contribution in [3.63, 3.8) is 0 Å². The molecule has 140 valence electrons. The monoisotopic (exact) mass is 366 g/mol. The van der Waals surface area contributed by atoms with Crippen LogP contribution in [0.5, 0.6) is 0 Å². The Balaban J connectivity index is 2.05. The molecule has 2 N–H and O–H groups in total. The van der Waals surface area contributed by atoms with Crippen LogP contribution >= 0.6 is 0 Å². The van der Waals surface area contributed by atoms with Crippen LogP contribution in [0.3, 0.4) is 0 Å². The topological polar surface area (TPSA) is 66.9 Å². The second-order valence-corrected chi connectivity index (χ2v) is 5.88. The van der Waals surface area contributed by atoms with Gasteiger partial charge in [-0.1, -0.05) is 19.8 Å². The molecule has 26 heavy (non-hydrogen) atoms. The second kappa shape index (κ2) is 8.64. The van der Waals surface area contributed by atoms with Crippen LogP contribution in [-0.2, 0) is 6.18 Å². The molecule has 0 saturated heterocycles. The van der Waals surface area contributed by atoms with Gasteiger partial charge in [0.15, 0.2) is 0 Å². The number of aromatic nitrogens is 2. The smallest absolute Gasteiger partial charge is 0.354 e. The summed E-state index contributed by atoms with van der Waals surface area (Å²) in [6, 6.07) is 5.77. The minimum atomic E-state index is -4.41. The summed E-state index contributed by atoms with van der Waals surface area (Å²) in [5.74, 6) is -0.148. The molecule has 0 saturated carbocycles. The summed E-state index contributed by atoms with van der Waals surface area (Å²) >= 11 is 0. The number of nitrogens with one attached hydrogen (secondary N) is 2. The average molecular weight is 366 g/mol. The quantitative estimate of drug-likeness (QED) is 0.700. The van der Waals surface area contributed by atoms with Crippen molar-refractivity contribution in [1.29, 1.82) is 0 Å². The zero-order valence-corrected chi connectivity index (χ0v) is 14.7. The number of anilines is 2. The van der Waals surface area contributed by atoms with E-state index in [1.165, 1.54) is 18.2 Å². The predicted molar refractivity (Wildman–Crippen MR) is 94.2 cm³/mol. The Kier molecular flexibility index (Phi) is 6.54. The third kappa shape index (κ3) is 5.72. The maximum atomic E-state index is 12.6. The first-order chi connectivity index (χ1) is 12.3. The van der Waals surface area contributed by atoms with Gasteiger partial charge in [-0.2, -0.15) is 13.2 Å². The van der Waals surface area contributed by atoms with Gasteiger partial charge in [0.05, 0.1) is 5.56 Å². The lowest BCUT2D eigenvalue weighted by molar-refractivity contribution is -0.137. The molecule has 1 heterocycles. The summed E-state index contributed by atoms with van der Waals surface area (Å²) in [7, 11) is 0. The van der Waals surface area contributed by atoms with Crippen LogP contribution in [0.2, 0.25) is 0 Å². The highest BCUT2D eigenvalue weighted by atomic mass is 19.4. The molecule has 0 bridgehead atoms. The van der Waals surface area contributed by atoms with Gasteiger partial charge in [-0.15, -0.1) is 0 Å². The first-order valence-corrected chi connectivity index (χ1v) is 8.37. The second-order valence-electron chi connectivity index (χ2n) is 5.88. The van der Waals surface area contributed by atoms with E-state index < -0.39 is 17.6 Å². The van der Waals surface area contributed by atoms with E-state index in [0.717, 1.165) is 31.4 Å². The van der Waals surface area contributed by atoms with Crippen LogP contribution < -0.4 is 10.6 Å². The fraction of sp³-hybridized carbons (Fsp3) is 0.389. The Morgan fingerprint density at radius 1 is 1.12 bits per heavy atom. The molecule has 1 amide bonds. The van der Waals surface area contributed by atoms with E-state index in [1.807, 2.05) is 0 Å². The van der Waals surface area contributed by atoms with Crippen LogP contribution in [0, 0.1) is 6.92 Å². The van der Waals surface area contributed by atoms with Crippen molar-refractivity contribution in [1.82, 2.24) is 9.97 Å². The number of nitrogens with zero attached hydrogens (tertiary/aromatic N) is 2. The Morgan fingerprint density at radius 2 is 1.81 bits per heavy atom. The largest absolute Gasteiger partial charge is 0.416 e. The molecule has 0 aliphatic heterocycles. The van der Waals surface area contributed by atoms with Gasteiger partial charge in [-0.3, -0.25) is 4.79 Å². The maximum absolute atomic E-state index is 12.6. The predicted octanol–water partition coefficient (Wildman–Crippen LogP) is 4.66. The van der Waals surface area contributed by atoms with Crippen molar-refractivity contribution in [2.24, 2.45) is 0 Å². The third-order valence-corrected chi connectivity index (χ3v) is 3.62. The molecule has 0 aliphatic carbocycles. The zero-order valence-electron chi connectivity index (χ0n) is 14.7. The number of amides is 1. The Bertz CT molecular complexity index is 745. The molecule has 1 aromatic carbocycles.